The first-order valence-corrected chi connectivity index (χ1v) is 9.31. The number of hydrogen-bond acceptors (Lipinski definition) is 3. The molecule has 1 saturated heterocycles. The second kappa shape index (κ2) is 6.98. The van der Waals surface area contributed by atoms with E-state index in [-0.39, 0.29) is 29.6 Å². The van der Waals surface area contributed by atoms with Gasteiger partial charge < -0.3 is 5.32 Å². The van der Waals surface area contributed by atoms with Gasteiger partial charge >= 0.3 is 0 Å². The molecule has 5 rings (SSSR count). The summed E-state index contributed by atoms with van der Waals surface area (Å²) in [6.45, 7) is 2.04. The van der Waals surface area contributed by atoms with Crippen LogP contribution in [0.15, 0.2) is 54.6 Å². The van der Waals surface area contributed by atoms with Gasteiger partial charge in [-0.1, -0.05) is 30.3 Å². The number of nitrogens with one attached hydrogen (secondary N) is 2. The zero-order valence-corrected chi connectivity index (χ0v) is 15.8. The second-order valence-electron chi connectivity index (χ2n) is 7.45. The van der Waals surface area contributed by atoms with Crippen molar-refractivity contribution in [1.82, 2.24) is 14.9 Å². The molecule has 2 aliphatic rings. The predicted molar refractivity (Wildman–Crippen MR) is 110 cm³/mol. The second-order valence-corrected chi connectivity index (χ2v) is 7.45. The van der Waals surface area contributed by atoms with Crippen molar-refractivity contribution in [2.24, 2.45) is 11.3 Å². The van der Waals surface area contributed by atoms with Crippen molar-refractivity contribution < 1.29 is 4.79 Å². The summed E-state index contributed by atoms with van der Waals surface area (Å²) in [4.78, 5) is 17.6. The Labute approximate surface area is 164 Å². The molecular formula is C21H23ClN4O. The average Bonchev–Trinajstić information content (AvgIpc) is 3.24. The number of rotatable bonds is 3. The Morgan fingerprint density at radius 1 is 1.07 bits per heavy atom. The number of aromatic nitrogens is 2. The van der Waals surface area contributed by atoms with Crippen molar-refractivity contribution in [2.75, 3.05) is 18.4 Å². The quantitative estimate of drug-likeness (QED) is 0.724. The van der Waals surface area contributed by atoms with Gasteiger partial charge in [-0.15, -0.1) is 12.4 Å². The van der Waals surface area contributed by atoms with Gasteiger partial charge in [-0.25, -0.2) is 4.98 Å². The highest BCUT2D eigenvalue weighted by Gasteiger charge is 2.57. The molecule has 2 fully saturated rings. The van der Waals surface area contributed by atoms with Gasteiger partial charge in [0.25, 0.3) is 0 Å². The molecule has 2 N–H and O–H groups in total. The molecule has 1 saturated carbocycles. The van der Waals surface area contributed by atoms with Gasteiger partial charge in [0.15, 0.2) is 0 Å². The molecule has 0 radical (unpaired) electrons. The number of fused-ring (bicyclic) bond motifs is 1. The summed E-state index contributed by atoms with van der Waals surface area (Å²) >= 11 is 0. The zero-order chi connectivity index (χ0) is 17.6. The number of halogens is 1. The third-order valence-corrected chi connectivity index (χ3v) is 5.92. The Balaban J connectivity index is 0.00000180. The molecular weight excluding hydrogens is 360 g/mol. The van der Waals surface area contributed by atoms with E-state index in [2.05, 4.69) is 10.6 Å². The molecule has 2 aromatic carbocycles. The smallest absolute Gasteiger partial charge is 0.230 e. The Kier molecular flexibility index (Phi) is 4.66. The fourth-order valence-corrected chi connectivity index (χ4v) is 4.34. The lowest BCUT2D eigenvalue weighted by Crippen LogP contribution is -2.32. The summed E-state index contributed by atoms with van der Waals surface area (Å²) in [6, 6.07) is 18.1. The van der Waals surface area contributed by atoms with Crippen LogP contribution in [-0.4, -0.2) is 28.5 Å². The van der Waals surface area contributed by atoms with E-state index >= 15 is 0 Å². The minimum atomic E-state index is 0. The maximum Gasteiger partial charge on any atom is 0.230 e. The summed E-state index contributed by atoms with van der Waals surface area (Å²) in [7, 11) is 0. The molecule has 6 heteroatoms. The van der Waals surface area contributed by atoms with Gasteiger partial charge in [0.2, 0.25) is 11.9 Å². The number of nitrogens with zero attached hydrogens (tertiary/aromatic N) is 2. The molecule has 140 valence electrons. The minimum Gasteiger partial charge on any atom is -0.317 e. The number of para-hydroxylation sites is 3. The van der Waals surface area contributed by atoms with Gasteiger partial charge in [-0.05, 0) is 62.0 Å². The number of imidazole rings is 1. The summed E-state index contributed by atoms with van der Waals surface area (Å²) < 4.78 is 2.03. The highest BCUT2D eigenvalue weighted by molar-refractivity contribution is 5.96. The van der Waals surface area contributed by atoms with Crippen LogP contribution in [0, 0.1) is 11.3 Å². The Morgan fingerprint density at radius 2 is 1.78 bits per heavy atom. The molecule has 27 heavy (non-hydrogen) atoms. The highest BCUT2D eigenvalue weighted by Crippen LogP contribution is 2.58. The largest absolute Gasteiger partial charge is 0.317 e. The van der Waals surface area contributed by atoms with Crippen molar-refractivity contribution in [2.45, 2.75) is 19.3 Å². The van der Waals surface area contributed by atoms with Gasteiger partial charge in [0.1, 0.15) is 0 Å². The summed E-state index contributed by atoms with van der Waals surface area (Å²) in [5, 5.41) is 6.51. The van der Waals surface area contributed by atoms with Crippen molar-refractivity contribution in [1.29, 1.82) is 0 Å². The van der Waals surface area contributed by atoms with Crippen LogP contribution >= 0.6 is 12.4 Å². The molecule has 5 nitrogen and oxygen atoms in total. The minimum absolute atomic E-state index is 0. The van der Waals surface area contributed by atoms with Crippen LogP contribution in [0.4, 0.5) is 5.95 Å². The van der Waals surface area contributed by atoms with E-state index in [1.807, 2.05) is 59.2 Å². The van der Waals surface area contributed by atoms with Crippen molar-refractivity contribution in [3.8, 4) is 5.69 Å². The molecule has 1 unspecified atom stereocenters. The van der Waals surface area contributed by atoms with Gasteiger partial charge in [0.05, 0.1) is 11.0 Å². The predicted octanol–water partition coefficient (Wildman–Crippen LogP) is 3.78. The summed E-state index contributed by atoms with van der Waals surface area (Å²) in [5.41, 5.74) is 3.11. The molecule has 3 aromatic rings. The van der Waals surface area contributed by atoms with Gasteiger partial charge in [-0.2, -0.15) is 0 Å². The van der Waals surface area contributed by atoms with E-state index in [1.165, 1.54) is 0 Å². The highest BCUT2D eigenvalue weighted by atomic mass is 35.5. The van der Waals surface area contributed by atoms with Crippen molar-refractivity contribution in [3.05, 3.63) is 54.6 Å². The molecule has 0 bridgehead atoms. The van der Waals surface area contributed by atoms with Crippen LogP contribution in [0.3, 0.4) is 0 Å². The van der Waals surface area contributed by atoms with Crippen LogP contribution in [0.2, 0.25) is 0 Å². The van der Waals surface area contributed by atoms with Gasteiger partial charge in [-0.3, -0.25) is 14.7 Å². The molecule has 1 aliphatic carbocycles. The van der Waals surface area contributed by atoms with Gasteiger partial charge in [0, 0.05) is 11.6 Å². The first-order chi connectivity index (χ1) is 12.8. The lowest BCUT2D eigenvalue weighted by Gasteiger charge is -2.23. The maximum atomic E-state index is 12.9. The lowest BCUT2D eigenvalue weighted by molar-refractivity contribution is -0.118. The molecule has 1 atom stereocenters. The number of carbonyl (C=O) groups is 1. The third kappa shape index (κ3) is 3.11. The monoisotopic (exact) mass is 382 g/mol. The number of benzene rings is 2. The lowest BCUT2D eigenvalue weighted by atomic mass is 9.92. The van der Waals surface area contributed by atoms with Crippen LogP contribution in [0.5, 0.6) is 0 Å². The van der Waals surface area contributed by atoms with E-state index in [0.717, 1.165) is 49.1 Å². The third-order valence-electron chi connectivity index (χ3n) is 5.92. The Bertz CT molecular complexity index is 963. The van der Waals surface area contributed by atoms with E-state index in [9.17, 15) is 4.79 Å². The van der Waals surface area contributed by atoms with Crippen LogP contribution < -0.4 is 10.6 Å². The Hall–Kier alpha value is -2.37. The van der Waals surface area contributed by atoms with Crippen molar-refractivity contribution >= 4 is 35.3 Å². The van der Waals surface area contributed by atoms with Crippen LogP contribution in [0.1, 0.15) is 19.3 Å². The fraction of sp³-hybridized carbons (Fsp3) is 0.333. The molecule has 1 spiro atoms. The number of amides is 1. The Morgan fingerprint density at radius 3 is 2.56 bits per heavy atom. The molecule has 2 heterocycles. The van der Waals surface area contributed by atoms with Crippen LogP contribution in [0.25, 0.3) is 16.7 Å². The maximum absolute atomic E-state index is 12.9. The fourth-order valence-electron chi connectivity index (χ4n) is 4.34. The van der Waals surface area contributed by atoms with E-state index in [1.54, 1.807) is 0 Å². The van der Waals surface area contributed by atoms with Crippen molar-refractivity contribution in [3.63, 3.8) is 0 Å². The topological polar surface area (TPSA) is 59.0 Å². The zero-order valence-electron chi connectivity index (χ0n) is 15.0. The normalized spacial score (nSPS) is 20.2. The standard InChI is InChI=1S/C21H22N4O.ClH/c26-19(16-14-21(16)10-12-22-13-11-21)24-20-23-17-8-4-5-9-18(17)25(20)15-6-2-1-3-7-15;/h1-9,16,22H,10-14H2,(H,23,24,26);1H. The molecule has 1 aromatic heterocycles. The molecule has 1 aliphatic heterocycles. The van der Waals surface area contributed by atoms with E-state index in [0.29, 0.717) is 5.95 Å². The number of hydrogen-bond donors (Lipinski definition) is 2. The molecule has 1 amide bonds. The number of carbonyl (C=O) groups excluding carboxylic acids is 1. The summed E-state index contributed by atoms with van der Waals surface area (Å²) in [6.07, 6.45) is 3.20. The average molecular weight is 383 g/mol. The van der Waals surface area contributed by atoms with Crippen LogP contribution in [-0.2, 0) is 4.79 Å². The SMILES string of the molecule is Cl.O=C(Nc1nc2ccccc2n1-c1ccccc1)C1CC12CCNCC2. The first-order valence-electron chi connectivity index (χ1n) is 9.31. The van der Waals surface area contributed by atoms with E-state index in [4.69, 9.17) is 4.98 Å². The number of anilines is 1. The van der Waals surface area contributed by atoms with E-state index < -0.39 is 0 Å². The first kappa shape index (κ1) is 18.0. The summed E-state index contributed by atoms with van der Waals surface area (Å²) in [5.74, 6) is 0.839. The number of piperidine rings is 1.